The minimum absolute atomic E-state index is 0.227. The van der Waals surface area contributed by atoms with Crippen molar-refractivity contribution >= 4 is 11.9 Å². The van der Waals surface area contributed by atoms with E-state index >= 15 is 0 Å². The minimum atomic E-state index is -1.18. The van der Waals surface area contributed by atoms with Gasteiger partial charge in [-0.2, -0.15) is 0 Å². The molecule has 136 valence electrons. The molecule has 2 aromatic rings. The minimum Gasteiger partial charge on any atom is -0.315 e. The van der Waals surface area contributed by atoms with Crippen LogP contribution >= 0.6 is 0 Å². The lowest BCUT2D eigenvalue weighted by atomic mass is 9.83. The molecule has 5 nitrogen and oxygen atoms in total. The number of urea groups is 1. The maximum Gasteiger partial charge on any atom is 0.326 e. The molecule has 0 unspecified atom stereocenters. The van der Waals surface area contributed by atoms with Crippen molar-refractivity contribution in [2.75, 3.05) is 19.8 Å². The molecule has 2 aromatic carbocycles. The third-order valence-electron chi connectivity index (χ3n) is 4.85. The van der Waals surface area contributed by atoms with E-state index in [4.69, 9.17) is 0 Å². The molecule has 0 aromatic heterocycles. The summed E-state index contributed by atoms with van der Waals surface area (Å²) in [4.78, 5) is 29.7. The van der Waals surface area contributed by atoms with E-state index in [0.717, 1.165) is 30.6 Å². The van der Waals surface area contributed by atoms with Gasteiger partial charge in [0.15, 0.2) is 5.54 Å². The van der Waals surface area contributed by atoms with Crippen molar-refractivity contribution in [3.63, 3.8) is 0 Å². The van der Waals surface area contributed by atoms with Gasteiger partial charge < -0.3 is 5.32 Å². The lowest BCUT2D eigenvalue weighted by Crippen LogP contribution is -2.46. The van der Waals surface area contributed by atoms with Gasteiger partial charge in [0.25, 0.3) is 5.91 Å². The summed E-state index contributed by atoms with van der Waals surface area (Å²) in [6, 6.07) is 18.6. The Morgan fingerprint density at radius 1 is 0.923 bits per heavy atom. The maximum atomic E-state index is 13.5. The van der Waals surface area contributed by atoms with Gasteiger partial charge in [-0.15, -0.1) is 0 Å². The third kappa shape index (κ3) is 3.10. The first-order chi connectivity index (χ1) is 12.6. The second-order valence-electron chi connectivity index (χ2n) is 6.50. The smallest absolute Gasteiger partial charge is 0.315 e. The lowest BCUT2D eigenvalue weighted by Gasteiger charge is -2.29. The van der Waals surface area contributed by atoms with E-state index in [9.17, 15) is 9.59 Å². The quantitative estimate of drug-likeness (QED) is 0.780. The number of hydrogen-bond acceptors (Lipinski definition) is 3. The fraction of sp³-hybridized carbons (Fsp3) is 0.333. The molecule has 3 rings (SSSR count). The van der Waals surface area contributed by atoms with E-state index in [0.29, 0.717) is 6.67 Å². The Balaban J connectivity index is 2.04. The molecule has 1 aliphatic heterocycles. The zero-order valence-corrected chi connectivity index (χ0v) is 15.3. The van der Waals surface area contributed by atoms with Gasteiger partial charge in [-0.05, 0) is 30.6 Å². The largest absolute Gasteiger partial charge is 0.326 e. The van der Waals surface area contributed by atoms with Crippen LogP contribution in [0.1, 0.15) is 31.4 Å². The monoisotopic (exact) mass is 351 g/mol. The van der Waals surface area contributed by atoms with Crippen molar-refractivity contribution in [2.45, 2.75) is 25.8 Å². The summed E-state index contributed by atoms with van der Waals surface area (Å²) in [7, 11) is 0. The van der Waals surface area contributed by atoms with E-state index in [1.807, 2.05) is 67.6 Å². The summed E-state index contributed by atoms with van der Waals surface area (Å²) in [5.41, 5.74) is 0.363. The van der Waals surface area contributed by atoms with Gasteiger partial charge in [-0.1, -0.05) is 74.5 Å². The highest BCUT2D eigenvalue weighted by atomic mass is 16.2. The fourth-order valence-corrected chi connectivity index (χ4v) is 3.48. The molecular formula is C21H25N3O2. The Kier molecular flexibility index (Phi) is 5.38. The van der Waals surface area contributed by atoms with E-state index < -0.39 is 5.54 Å². The summed E-state index contributed by atoms with van der Waals surface area (Å²) in [5, 5.41) is 2.98. The van der Waals surface area contributed by atoms with E-state index in [1.165, 1.54) is 4.90 Å². The summed E-state index contributed by atoms with van der Waals surface area (Å²) in [5.74, 6) is -0.227. The second-order valence-corrected chi connectivity index (χ2v) is 6.50. The molecule has 0 spiro atoms. The van der Waals surface area contributed by atoms with Crippen LogP contribution in [0, 0.1) is 0 Å². The van der Waals surface area contributed by atoms with Gasteiger partial charge in [-0.3, -0.25) is 9.69 Å². The van der Waals surface area contributed by atoms with E-state index in [1.54, 1.807) is 0 Å². The van der Waals surface area contributed by atoms with Crippen molar-refractivity contribution in [3.8, 4) is 0 Å². The van der Waals surface area contributed by atoms with Crippen LogP contribution in [0.3, 0.4) is 0 Å². The van der Waals surface area contributed by atoms with Crippen LogP contribution in [0.15, 0.2) is 60.7 Å². The van der Waals surface area contributed by atoms with Gasteiger partial charge in [0.1, 0.15) is 0 Å². The Bertz CT molecular complexity index is 722. The van der Waals surface area contributed by atoms with Crippen LogP contribution < -0.4 is 5.32 Å². The number of benzene rings is 2. The highest BCUT2D eigenvalue weighted by Gasteiger charge is 2.53. The predicted molar refractivity (Wildman–Crippen MR) is 101 cm³/mol. The molecule has 0 bridgehead atoms. The van der Waals surface area contributed by atoms with Crippen molar-refractivity contribution in [2.24, 2.45) is 0 Å². The molecular weight excluding hydrogens is 326 g/mol. The van der Waals surface area contributed by atoms with Crippen molar-refractivity contribution < 1.29 is 9.59 Å². The number of nitrogens with one attached hydrogen (secondary N) is 1. The van der Waals surface area contributed by atoms with Gasteiger partial charge in [0.2, 0.25) is 0 Å². The van der Waals surface area contributed by atoms with Crippen LogP contribution in [0.25, 0.3) is 0 Å². The number of imide groups is 1. The van der Waals surface area contributed by atoms with Crippen molar-refractivity contribution in [3.05, 3.63) is 71.8 Å². The normalized spacial score (nSPS) is 16.2. The average molecular weight is 351 g/mol. The number of carbonyl (C=O) groups excluding carboxylic acids is 2. The Hall–Kier alpha value is -2.66. The number of carbonyl (C=O) groups is 2. The van der Waals surface area contributed by atoms with Crippen LogP contribution in [0.4, 0.5) is 4.79 Å². The molecule has 0 saturated carbocycles. The molecule has 26 heavy (non-hydrogen) atoms. The van der Waals surface area contributed by atoms with Crippen molar-refractivity contribution in [1.29, 1.82) is 0 Å². The second kappa shape index (κ2) is 7.70. The summed E-state index contributed by atoms with van der Waals surface area (Å²) >= 11 is 0. The van der Waals surface area contributed by atoms with Crippen LogP contribution in [-0.2, 0) is 10.3 Å². The molecule has 1 aliphatic rings. The Morgan fingerprint density at radius 3 is 1.92 bits per heavy atom. The number of nitrogens with zero attached hydrogens (tertiary/aromatic N) is 2. The lowest BCUT2D eigenvalue weighted by molar-refractivity contribution is -0.131. The predicted octanol–water partition coefficient (Wildman–Crippen LogP) is 3.17. The molecule has 1 fully saturated rings. The molecule has 1 N–H and O–H groups in total. The number of amides is 3. The Morgan fingerprint density at radius 2 is 1.46 bits per heavy atom. The number of hydrogen-bond donors (Lipinski definition) is 1. The zero-order valence-electron chi connectivity index (χ0n) is 15.3. The first-order valence-corrected chi connectivity index (χ1v) is 9.11. The van der Waals surface area contributed by atoms with Gasteiger partial charge >= 0.3 is 6.03 Å². The van der Waals surface area contributed by atoms with Gasteiger partial charge in [0.05, 0.1) is 6.67 Å². The molecule has 5 heteroatoms. The third-order valence-corrected chi connectivity index (χ3v) is 4.85. The van der Waals surface area contributed by atoms with Crippen molar-refractivity contribution in [1.82, 2.24) is 15.1 Å². The number of rotatable bonds is 7. The van der Waals surface area contributed by atoms with Crippen LogP contribution in [-0.4, -0.2) is 41.5 Å². The highest BCUT2D eigenvalue weighted by Crippen LogP contribution is 2.35. The van der Waals surface area contributed by atoms with E-state index in [2.05, 4.69) is 17.1 Å². The van der Waals surface area contributed by atoms with Crippen LogP contribution in [0.5, 0.6) is 0 Å². The van der Waals surface area contributed by atoms with Crippen LogP contribution in [0.2, 0.25) is 0 Å². The highest BCUT2D eigenvalue weighted by molar-refractivity contribution is 6.09. The molecule has 1 saturated heterocycles. The standard InChI is InChI=1S/C21H25N3O2/c1-3-15-23(4-2)16-24-19(25)21(22-20(24)26,17-11-7-5-8-12-17)18-13-9-6-10-14-18/h5-14H,3-4,15-16H2,1-2H3,(H,22,26). The molecule has 0 radical (unpaired) electrons. The first-order valence-electron chi connectivity index (χ1n) is 9.11. The average Bonchev–Trinajstić information content (AvgIpc) is 2.94. The summed E-state index contributed by atoms with van der Waals surface area (Å²) in [6.07, 6.45) is 0.972. The SMILES string of the molecule is CCCN(CC)CN1C(=O)NC(c2ccccc2)(c2ccccc2)C1=O. The van der Waals surface area contributed by atoms with Gasteiger partial charge in [-0.25, -0.2) is 9.69 Å². The fourth-order valence-electron chi connectivity index (χ4n) is 3.48. The first kappa shape index (κ1) is 18.1. The Labute approximate surface area is 154 Å². The van der Waals surface area contributed by atoms with Gasteiger partial charge in [0, 0.05) is 0 Å². The molecule has 1 heterocycles. The topological polar surface area (TPSA) is 52.6 Å². The zero-order chi connectivity index (χ0) is 18.6. The van der Waals surface area contributed by atoms with E-state index in [-0.39, 0.29) is 11.9 Å². The summed E-state index contributed by atoms with van der Waals surface area (Å²) < 4.78 is 0. The maximum absolute atomic E-state index is 13.5. The molecule has 3 amide bonds. The molecule has 0 atom stereocenters. The molecule has 0 aliphatic carbocycles. The summed E-state index contributed by atoms with van der Waals surface area (Å²) in [6.45, 7) is 6.06.